The smallest absolute Gasteiger partial charge is 0.0897 e. The third kappa shape index (κ3) is 5.02. The largest absolute Gasteiger partial charge is 0.389 e. The molecule has 0 bridgehead atoms. The van der Waals surface area contributed by atoms with Crippen molar-refractivity contribution < 1.29 is 9.84 Å². The molecule has 1 unspecified atom stereocenters. The highest BCUT2D eigenvalue weighted by Crippen LogP contribution is 2.09. The van der Waals surface area contributed by atoms with Crippen LogP contribution in [0.2, 0.25) is 0 Å². The number of nitrogens with zero attached hydrogens (tertiary/aromatic N) is 1. The molecule has 0 fully saturated rings. The predicted octanol–water partition coefficient (Wildman–Crippen LogP) is 2.12. The molecule has 0 saturated heterocycles. The number of hydrogen-bond acceptors (Lipinski definition) is 5. The van der Waals surface area contributed by atoms with Crippen LogP contribution in [0.3, 0.4) is 0 Å². The molecule has 0 radical (unpaired) electrons. The molecule has 4 nitrogen and oxygen atoms in total. The van der Waals surface area contributed by atoms with Crippen molar-refractivity contribution in [1.82, 2.24) is 10.3 Å². The van der Waals surface area contributed by atoms with Gasteiger partial charge in [0.25, 0.3) is 0 Å². The number of aliphatic hydroxyl groups excluding tert-OH is 1. The van der Waals surface area contributed by atoms with E-state index in [1.807, 2.05) is 29.8 Å². The summed E-state index contributed by atoms with van der Waals surface area (Å²) in [5.74, 6) is 0. The molecular weight excluding hydrogens is 272 g/mol. The molecule has 2 aromatic heterocycles. The summed E-state index contributed by atoms with van der Waals surface area (Å²) in [6.07, 6.45) is 3.14. The van der Waals surface area contributed by atoms with E-state index in [9.17, 15) is 5.11 Å². The van der Waals surface area contributed by atoms with Crippen LogP contribution in [0.5, 0.6) is 0 Å². The van der Waals surface area contributed by atoms with Crippen molar-refractivity contribution in [3.05, 3.63) is 52.0 Å². The zero-order valence-electron chi connectivity index (χ0n) is 11.6. The minimum atomic E-state index is -0.494. The molecule has 20 heavy (non-hydrogen) atoms. The Morgan fingerprint density at radius 1 is 1.45 bits per heavy atom. The van der Waals surface area contributed by atoms with Crippen LogP contribution >= 0.6 is 11.3 Å². The first-order chi connectivity index (χ1) is 9.75. The van der Waals surface area contributed by atoms with Gasteiger partial charge in [0.05, 0.1) is 19.3 Å². The number of nitrogens with one attached hydrogen (secondary N) is 1. The standard InChI is InChI=1S/C15H20N2O2S/c1-12-4-5-16-7-13(12)8-17-9-14(18)10-19-11-15-3-2-6-20-15/h2-7,14,17-18H,8-11H2,1H3. The van der Waals surface area contributed by atoms with Crippen molar-refractivity contribution in [2.45, 2.75) is 26.2 Å². The first-order valence-corrected chi connectivity index (χ1v) is 7.52. The van der Waals surface area contributed by atoms with Crippen molar-refractivity contribution in [2.24, 2.45) is 0 Å². The Bertz CT molecular complexity index is 502. The highest BCUT2D eigenvalue weighted by Gasteiger charge is 2.05. The van der Waals surface area contributed by atoms with Gasteiger partial charge in [-0.05, 0) is 35.6 Å². The number of aryl methyl sites for hydroxylation is 1. The number of hydrogen-bond donors (Lipinski definition) is 2. The van der Waals surface area contributed by atoms with Gasteiger partial charge in [-0.25, -0.2) is 0 Å². The minimum absolute atomic E-state index is 0.344. The maximum Gasteiger partial charge on any atom is 0.0897 e. The van der Waals surface area contributed by atoms with Crippen LogP contribution in [0, 0.1) is 6.92 Å². The molecule has 0 aliphatic rings. The van der Waals surface area contributed by atoms with E-state index >= 15 is 0 Å². The van der Waals surface area contributed by atoms with E-state index in [2.05, 4.69) is 17.2 Å². The van der Waals surface area contributed by atoms with Crippen LogP contribution in [-0.4, -0.2) is 29.3 Å². The van der Waals surface area contributed by atoms with E-state index in [1.165, 1.54) is 10.4 Å². The number of ether oxygens (including phenoxy) is 1. The Labute approximate surface area is 123 Å². The molecule has 0 spiro atoms. The van der Waals surface area contributed by atoms with Crippen LogP contribution < -0.4 is 5.32 Å². The number of pyridine rings is 1. The van der Waals surface area contributed by atoms with Crippen LogP contribution in [0.4, 0.5) is 0 Å². The number of thiophene rings is 1. The van der Waals surface area contributed by atoms with Crippen LogP contribution in [0.15, 0.2) is 36.0 Å². The lowest BCUT2D eigenvalue weighted by Crippen LogP contribution is -2.30. The quantitative estimate of drug-likeness (QED) is 0.782. The van der Waals surface area contributed by atoms with E-state index in [1.54, 1.807) is 17.5 Å². The summed E-state index contributed by atoms with van der Waals surface area (Å²) in [5.41, 5.74) is 2.36. The second-order valence-electron chi connectivity index (χ2n) is 4.68. The van der Waals surface area contributed by atoms with Gasteiger partial charge < -0.3 is 15.2 Å². The Kier molecular flexibility index (Phi) is 6.14. The number of rotatable bonds is 8. The lowest BCUT2D eigenvalue weighted by molar-refractivity contribution is 0.0297. The van der Waals surface area contributed by atoms with Gasteiger partial charge in [-0.2, -0.15) is 0 Å². The number of aromatic nitrogens is 1. The third-order valence-electron chi connectivity index (χ3n) is 2.98. The highest BCUT2D eigenvalue weighted by atomic mass is 32.1. The van der Waals surface area contributed by atoms with Gasteiger partial charge in [-0.1, -0.05) is 6.07 Å². The fraction of sp³-hybridized carbons (Fsp3) is 0.400. The molecule has 1 atom stereocenters. The van der Waals surface area contributed by atoms with Crippen LogP contribution in [-0.2, 0) is 17.9 Å². The first-order valence-electron chi connectivity index (χ1n) is 6.64. The fourth-order valence-electron chi connectivity index (χ4n) is 1.80. The molecule has 5 heteroatoms. The van der Waals surface area contributed by atoms with E-state index in [4.69, 9.17) is 4.74 Å². The van der Waals surface area contributed by atoms with Gasteiger partial charge in [-0.3, -0.25) is 4.98 Å². The maximum absolute atomic E-state index is 9.83. The summed E-state index contributed by atoms with van der Waals surface area (Å²) >= 11 is 1.66. The van der Waals surface area contributed by atoms with Gasteiger partial charge in [-0.15, -0.1) is 11.3 Å². The Morgan fingerprint density at radius 2 is 2.35 bits per heavy atom. The zero-order chi connectivity index (χ0) is 14.2. The molecule has 108 valence electrons. The Hall–Kier alpha value is -1.27. The molecule has 0 aliphatic carbocycles. The molecular formula is C15H20N2O2S. The zero-order valence-corrected chi connectivity index (χ0v) is 12.4. The summed E-state index contributed by atoms with van der Waals surface area (Å²) in [6.45, 7) is 4.19. The molecule has 2 rings (SSSR count). The second-order valence-corrected chi connectivity index (χ2v) is 5.71. The Balaban J connectivity index is 1.60. The highest BCUT2D eigenvalue weighted by molar-refractivity contribution is 7.09. The fourth-order valence-corrected chi connectivity index (χ4v) is 2.44. The summed E-state index contributed by atoms with van der Waals surface area (Å²) in [4.78, 5) is 5.27. The average molecular weight is 292 g/mol. The van der Waals surface area contributed by atoms with E-state index < -0.39 is 6.10 Å². The van der Waals surface area contributed by atoms with E-state index in [-0.39, 0.29) is 0 Å². The minimum Gasteiger partial charge on any atom is -0.389 e. The molecule has 0 amide bonds. The SMILES string of the molecule is Cc1ccncc1CNCC(O)COCc1cccs1. The second kappa shape index (κ2) is 8.11. The van der Waals surface area contributed by atoms with Crippen molar-refractivity contribution in [2.75, 3.05) is 13.2 Å². The topological polar surface area (TPSA) is 54.4 Å². The van der Waals surface area contributed by atoms with Crippen LogP contribution in [0.25, 0.3) is 0 Å². The molecule has 2 aromatic rings. The molecule has 2 heterocycles. The van der Waals surface area contributed by atoms with E-state index in [0.29, 0.717) is 26.3 Å². The van der Waals surface area contributed by atoms with Crippen molar-refractivity contribution in [3.63, 3.8) is 0 Å². The summed E-state index contributed by atoms with van der Waals surface area (Å²) in [6, 6.07) is 6.01. The van der Waals surface area contributed by atoms with E-state index in [0.717, 1.165) is 5.56 Å². The van der Waals surface area contributed by atoms with Gasteiger partial charge in [0.1, 0.15) is 0 Å². The summed E-state index contributed by atoms with van der Waals surface area (Å²) in [5, 5.41) is 15.1. The van der Waals surface area contributed by atoms with Gasteiger partial charge >= 0.3 is 0 Å². The van der Waals surface area contributed by atoms with Crippen molar-refractivity contribution >= 4 is 11.3 Å². The van der Waals surface area contributed by atoms with Crippen LogP contribution in [0.1, 0.15) is 16.0 Å². The molecule has 2 N–H and O–H groups in total. The molecule has 0 saturated carbocycles. The van der Waals surface area contributed by atoms with Gasteiger partial charge in [0.2, 0.25) is 0 Å². The monoisotopic (exact) mass is 292 g/mol. The van der Waals surface area contributed by atoms with Gasteiger partial charge in [0.15, 0.2) is 0 Å². The summed E-state index contributed by atoms with van der Waals surface area (Å²) in [7, 11) is 0. The average Bonchev–Trinajstić information content (AvgIpc) is 2.94. The first kappa shape index (κ1) is 15.1. The lowest BCUT2D eigenvalue weighted by atomic mass is 10.1. The molecule has 0 aliphatic heterocycles. The maximum atomic E-state index is 9.83. The Morgan fingerprint density at radius 3 is 3.10 bits per heavy atom. The normalized spacial score (nSPS) is 12.5. The predicted molar refractivity (Wildman–Crippen MR) is 80.7 cm³/mol. The lowest BCUT2D eigenvalue weighted by Gasteiger charge is -2.12. The van der Waals surface area contributed by atoms with Crippen molar-refractivity contribution in [3.8, 4) is 0 Å². The molecule has 0 aromatic carbocycles. The summed E-state index contributed by atoms with van der Waals surface area (Å²) < 4.78 is 5.47. The number of aliphatic hydroxyl groups is 1. The van der Waals surface area contributed by atoms with Crippen molar-refractivity contribution in [1.29, 1.82) is 0 Å². The third-order valence-corrected chi connectivity index (χ3v) is 3.83. The van der Waals surface area contributed by atoms with Gasteiger partial charge in [0, 0.05) is 30.4 Å².